The maximum absolute atomic E-state index is 12.9. The van der Waals surface area contributed by atoms with Crippen LogP contribution in [0.25, 0.3) is 0 Å². The first-order chi connectivity index (χ1) is 6.06. The third-order valence-corrected chi connectivity index (χ3v) is 2.28. The highest BCUT2D eigenvalue weighted by Crippen LogP contribution is 2.28. The molecule has 0 aliphatic rings. The minimum absolute atomic E-state index is 0.183. The van der Waals surface area contributed by atoms with E-state index in [0.717, 1.165) is 6.07 Å². The Morgan fingerprint density at radius 3 is 2.69 bits per heavy atom. The van der Waals surface area contributed by atoms with Crippen molar-refractivity contribution in [1.29, 1.82) is 0 Å². The number of phenolic OH excluding ortho intramolecular Hbond substituents is 1. The molecule has 0 aliphatic heterocycles. The maximum atomic E-state index is 12.9. The lowest BCUT2D eigenvalue weighted by Gasteiger charge is -2.00. The van der Waals surface area contributed by atoms with Crippen LogP contribution >= 0.6 is 22.6 Å². The van der Waals surface area contributed by atoms with Crippen LogP contribution < -0.4 is 0 Å². The van der Waals surface area contributed by atoms with Crippen LogP contribution in [0.5, 0.6) is 5.75 Å². The van der Waals surface area contributed by atoms with Crippen molar-refractivity contribution in [1.82, 2.24) is 0 Å². The number of hydrogen-bond donors (Lipinski definition) is 1. The number of rotatable bonds is 2. The van der Waals surface area contributed by atoms with Crippen LogP contribution in [-0.4, -0.2) is 10.0 Å². The average molecular weight is 297 g/mol. The zero-order chi connectivity index (χ0) is 10.0. The quantitative estimate of drug-likeness (QED) is 0.394. The molecule has 0 fully saturated rings. The lowest BCUT2D eigenvalue weighted by atomic mass is 10.2. The Hall–Kier alpha value is -0.920. The molecule has 0 amide bonds. The van der Waals surface area contributed by atoms with Crippen molar-refractivity contribution < 1.29 is 14.4 Å². The van der Waals surface area contributed by atoms with Crippen molar-refractivity contribution in [3.8, 4) is 5.75 Å². The summed E-state index contributed by atoms with van der Waals surface area (Å²) in [4.78, 5) is 9.60. The number of alkyl halides is 1. The van der Waals surface area contributed by atoms with Crippen molar-refractivity contribution in [2.75, 3.05) is 0 Å². The van der Waals surface area contributed by atoms with E-state index in [4.69, 9.17) is 5.11 Å². The van der Waals surface area contributed by atoms with Gasteiger partial charge in [-0.25, -0.2) is 0 Å². The zero-order valence-electron chi connectivity index (χ0n) is 6.33. The molecule has 4 nitrogen and oxygen atoms in total. The fourth-order valence-electron chi connectivity index (χ4n) is 0.946. The monoisotopic (exact) mass is 297 g/mol. The molecule has 1 rings (SSSR count). The smallest absolute Gasteiger partial charge is 0.308 e. The first-order valence-electron chi connectivity index (χ1n) is 3.28. The second kappa shape index (κ2) is 3.86. The normalized spacial score (nSPS) is 10.0. The first kappa shape index (κ1) is 10.2. The number of nitrogens with zero attached hydrogens (tertiary/aromatic N) is 1. The van der Waals surface area contributed by atoms with E-state index in [9.17, 15) is 14.5 Å². The Bertz CT molecular complexity index is 356. The molecule has 6 heteroatoms. The lowest BCUT2D eigenvalue weighted by molar-refractivity contribution is -0.388. The van der Waals surface area contributed by atoms with Gasteiger partial charge < -0.3 is 5.11 Å². The summed E-state index contributed by atoms with van der Waals surface area (Å²) in [6.45, 7) is 0. The Morgan fingerprint density at radius 1 is 1.62 bits per heavy atom. The highest BCUT2D eigenvalue weighted by atomic mass is 127. The van der Waals surface area contributed by atoms with Gasteiger partial charge >= 0.3 is 5.69 Å². The zero-order valence-corrected chi connectivity index (χ0v) is 8.49. The van der Waals surface area contributed by atoms with Crippen LogP contribution in [0.1, 0.15) is 5.56 Å². The van der Waals surface area contributed by atoms with Gasteiger partial charge in [0.05, 0.1) is 4.92 Å². The van der Waals surface area contributed by atoms with Gasteiger partial charge in [-0.05, 0) is 6.07 Å². The number of benzene rings is 1. The number of halogens is 2. The fourth-order valence-corrected chi connectivity index (χ4v) is 1.53. The van der Waals surface area contributed by atoms with Crippen LogP contribution in [0.4, 0.5) is 10.1 Å². The predicted molar refractivity (Wildman–Crippen MR) is 52.4 cm³/mol. The summed E-state index contributed by atoms with van der Waals surface area (Å²) in [6.07, 6.45) is 0. The van der Waals surface area contributed by atoms with E-state index in [2.05, 4.69) is 0 Å². The minimum Gasteiger partial charge on any atom is -0.508 e. The molecular weight excluding hydrogens is 292 g/mol. The molecule has 1 aromatic rings. The predicted octanol–water partition coefficient (Wildman–Crippen LogP) is 2.37. The van der Waals surface area contributed by atoms with Crippen molar-refractivity contribution in [2.24, 2.45) is 0 Å². The van der Waals surface area contributed by atoms with E-state index in [0.29, 0.717) is 0 Å². The summed E-state index contributed by atoms with van der Waals surface area (Å²) in [5, 5.41) is 19.4. The Labute approximate surface area is 86.7 Å². The molecule has 1 N–H and O–H groups in total. The minimum atomic E-state index is -1.00. The van der Waals surface area contributed by atoms with Gasteiger partial charge in [0, 0.05) is 16.1 Å². The number of phenols is 1. The molecule has 0 radical (unpaired) electrons. The number of hydrogen-bond acceptors (Lipinski definition) is 3. The molecule has 0 saturated heterocycles. The number of nitro groups is 1. The number of aromatic hydroxyl groups is 1. The Balaban J connectivity index is 3.38. The Kier molecular flexibility index (Phi) is 3.02. The molecule has 70 valence electrons. The lowest BCUT2D eigenvalue weighted by Crippen LogP contribution is -1.96. The van der Waals surface area contributed by atoms with Crippen LogP contribution in [0.2, 0.25) is 0 Å². The second-order valence-corrected chi connectivity index (χ2v) is 3.09. The molecule has 0 aliphatic carbocycles. The van der Waals surface area contributed by atoms with Gasteiger partial charge in [-0.1, -0.05) is 22.6 Å². The van der Waals surface area contributed by atoms with Gasteiger partial charge in [0.1, 0.15) is 5.75 Å². The van der Waals surface area contributed by atoms with Crippen LogP contribution in [0, 0.1) is 15.9 Å². The van der Waals surface area contributed by atoms with Gasteiger partial charge in [-0.2, -0.15) is 4.39 Å². The van der Waals surface area contributed by atoms with Gasteiger partial charge in [-0.3, -0.25) is 10.1 Å². The average Bonchev–Trinajstić information content (AvgIpc) is 2.01. The summed E-state index contributed by atoms with van der Waals surface area (Å²) in [6, 6.07) is 1.92. The van der Waals surface area contributed by atoms with Gasteiger partial charge in [0.15, 0.2) is 0 Å². The molecule has 1 aromatic carbocycles. The molecule has 13 heavy (non-hydrogen) atoms. The van der Waals surface area contributed by atoms with Gasteiger partial charge in [0.25, 0.3) is 0 Å². The van der Waals surface area contributed by atoms with E-state index >= 15 is 0 Å². The third-order valence-electron chi connectivity index (χ3n) is 1.45. The van der Waals surface area contributed by atoms with E-state index < -0.39 is 16.4 Å². The third kappa shape index (κ3) is 2.06. The van der Waals surface area contributed by atoms with Crippen LogP contribution in [-0.2, 0) is 4.43 Å². The van der Waals surface area contributed by atoms with E-state index in [1.807, 2.05) is 22.6 Å². The molecule has 0 aromatic heterocycles. The summed E-state index contributed by atoms with van der Waals surface area (Å²) >= 11 is 1.86. The van der Waals surface area contributed by atoms with Gasteiger partial charge in [-0.15, -0.1) is 0 Å². The summed E-state index contributed by atoms with van der Waals surface area (Å²) in [7, 11) is 0. The van der Waals surface area contributed by atoms with Crippen molar-refractivity contribution >= 4 is 28.3 Å². The van der Waals surface area contributed by atoms with Crippen molar-refractivity contribution in [2.45, 2.75) is 4.43 Å². The summed E-state index contributed by atoms with van der Waals surface area (Å²) in [5.41, 5.74) is -0.379. The highest BCUT2D eigenvalue weighted by molar-refractivity contribution is 14.1. The highest BCUT2D eigenvalue weighted by Gasteiger charge is 2.20. The molecule has 0 unspecified atom stereocenters. The summed E-state index contributed by atoms with van der Waals surface area (Å²) < 4.78 is 13.2. The summed E-state index contributed by atoms with van der Waals surface area (Å²) in [5.74, 6) is -1.30. The van der Waals surface area contributed by atoms with E-state index in [1.165, 1.54) is 6.07 Å². The first-order valence-corrected chi connectivity index (χ1v) is 4.80. The van der Waals surface area contributed by atoms with Crippen molar-refractivity contribution in [3.05, 3.63) is 33.6 Å². The molecule has 0 saturated carbocycles. The van der Waals surface area contributed by atoms with E-state index in [1.54, 1.807) is 0 Å². The van der Waals surface area contributed by atoms with Crippen LogP contribution in [0.3, 0.4) is 0 Å². The van der Waals surface area contributed by atoms with Crippen molar-refractivity contribution in [3.63, 3.8) is 0 Å². The standard InChI is InChI=1S/C7H5FINO3/c8-6-2-5(11)1-4(3-9)7(6)10(12)13/h1-2,11H,3H2. The molecule has 0 atom stereocenters. The molecular formula is C7H5FINO3. The van der Waals surface area contributed by atoms with Crippen LogP contribution in [0.15, 0.2) is 12.1 Å². The largest absolute Gasteiger partial charge is 0.508 e. The second-order valence-electron chi connectivity index (χ2n) is 2.33. The fraction of sp³-hybridized carbons (Fsp3) is 0.143. The molecule has 0 heterocycles. The molecule has 0 bridgehead atoms. The van der Waals surface area contributed by atoms with Gasteiger partial charge in [0.2, 0.25) is 5.82 Å². The van der Waals surface area contributed by atoms with E-state index in [-0.39, 0.29) is 15.7 Å². The SMILES string of the molecule is O=[N+]([O-])c1c(F)cc(O)cc1CI. The topological polar surface area (TPSA) is 63.4 Å². The Morgan fingerprint density at radius 2 is 2.23 bits per heavy atom. The number of nitro benzene ring substituents is 1. The molecule has 0 spiro atoms. The maximum Gasteiger partial charge on any atom is 0.308 e.